The van der Waals surface area contributed by atoms with Crippen LogP contribution in [0.4, 0.5) is 42.5 Å². The normalized spacial score (nSPS) is 11.2. The van der Waals surface area contributed by atoms with Gasteiger partial charge in [-0.2, -0.15) is 22.0 Å². The number of carbonyl (C=O) groups is 2. The van der Waals surface area contributed by atoms with Gasteiger partial charge in [0, 0.05) is 11.6 Å². The maximum Gasteiger partial charge on any atom is 0.392 e. The highest BCUT2D eigenvalue weighted by Gasteiger charge is 2.27. The van der Waals surface area contributed by atoms with Crippen LogP contribution in [0.2, 0.25) is 0 Å². The Morgan fingerprint density at radius 1 is 0.949 bits per heavy atom. The first-order valence-electron chi connectivity index (χ1n) is 11.2. The summed E-state index contributed by atoms with van der Waals surface area (Å²) in [6, 6.07) is 12.5. The third-order valence-corrected chi connectivity index (χ3v) is 5.09. The largest absolute Gasteiger partial charge is 0.490 e. The molecule has 0 atom stereocenters. The van der Waals surface area contributed by atoms with Crippen molar-refractivity contribution in [3.8, 4) is 16.9 Å². The van der Waals surface area contributed by atoms with Gasteiger partial charge in [-0.25, -0.2) is 14.0 Å². The summed E-state index contributed by atoms with van der Waals surface area (Å²) in [4.78, 5) is 24.5. The highest BCUT2D eigenvalue weighted by atomic mass is 19.4. The molecule has 3 rings (SSSR count). The Morgan fingerprint density at radius 3 is 2.28 bits per heavy atom. The first-order chi connectivity index (χ1) is 18.4. The standard InChI is InChI=1S/C27H20F6N2O4/c28-20-9-3-4-10-21(20)34-26(38)35-22-15-17(18-7-1-2-8-19(18)25(36)37)14-16(6-5-11-23(29)30)24(22)39-13-12-27(31,32)33/h1-11,14-15H,12-13H2,(H,36,37)(H2,34,35,38)/b6-5+. The second kappa shape index (κ2) is 12.7. The molecule has 0 heterocycles. The number of para-hydroxylation sites is 1. The lowest BCUT2D eigenvalue weighted by atomic mass is 9.96. The number of benzene rings is 3. The molecule has 0 saturated carbocycles. The van der Waals surface area contributed by atoms with Gasteiger partial charge in [0.15, 0.2) is 0 Å². The number of urea groups is 1. The molecule has 204 valence electrons. The van der Waals surface area contributed by atoms with E-state index < -0.39 is 43.1 Å². The van der Waals surface area contributed by atoms with E-state index in [1.807, 2.05) is 0 Å². The van der Waals surface area contributed by atoms with Crippen LogP contribution >= 0.6 is 0 Å². The second-order valence-electron chi connectivity index (χ2n) is 7.88. The maximum atomic E-state index is 14.0. The van der Waals surface area contributed by atoms with Crippen LogP contribution in [-0.2, 0) is 0 Å². The number of allylic oxidation sites excluding steroid dienone is 2. The van der Waals surface area contributed by atoms with Crippen molar-refractivity contribution >= 4 is 29.5 Å². The number of anilines is 2. The summed E-state index contributed by atoms with van der Waals surface area (Å²) in [7, 11) is 0. The zero-order valence-electron chi connectivity index (χ0n) is 19.9. The fraction of sp³-hybridized carbons (Fsp3) is 0.111. The molecule has 0 saturated heterocycles. The van der Waals surface area contributed by atoms with E-state index in [2.05, 4.69) is 10.6 Å². The lowest BCUT2D eigenvalue weighted by molar-refractivity contribution is -0.139. The van der Waals surface area contributed by atoms with Crippen LogP contribution in [0.3, 0.4) is 0 Å². The summed E-state index contributed by atoms with van der Waals surface area (Å²) >= 11 is 0. The van der Waals surface area contributed by atoms with Gasteiger partial charge < -0.3 is 20.5 Å². The van der Waals surface area contributed by atoms with Gasteiger partial charge >= 0.3 is 18.2 Å². The molecule has 3 aromatic carbocycles. The van der Waals surface area contributed by atoms with Crippen LogP contribution in [0.1, 0.15) is 22.3 Å². The number of alkyl halides is 3. The van der Waals surface area contributed by atoms with Crippen molar-refractivity contribution in [1.82, 2.24) is 0 Å². The number of amides is 2. The number of carboxylic acids is 1. The van der Waals surface area contributed by atoms with Crippen molar-refractivity contribution in [3.05, 3.63) is 95.8 Å². The van der Waals surface area contributed by atoms with Crippen LogP contribution in [0, 0.1) is 5.82 Å². The quantitative estimate of drug-likeness (QED) is 0.186. The van der Waals surface area contributed by atoms with Crippen LogP contribution in [0.5, 0.6) is 5.75 Å². The number of carbonyl (C=O) groups excluding carboxylic acids is 1. The predicted molar refractivity (Wildman–Crippen MR) is 133 cm³/mol. The molecule has 3 aromatic rings. The highest BCUT2D eigenvalue weighted by molar-refractivity contribution is 6.03. The Morgan fingerprint density at radius 2 is 1.62 bits per heavy atom. The molecule has 0 aliphatic rings. The minimum atomic E-state index is -4.58. The zero-order chi connectivity index (χ0) is 28.6. The van der Waals surface area contributed by atoms with E-state index in [0.29, 0.717) is 6.08 Å². The van der Waals surface area contributed by atoms with E-state index >= 15 is 0 Å². The number of nitrogens with one attached hydrogen (secondary N) is 2. The lowest BCUT2D eigenvalue weighted by Gasteiger charge is -2.19. The van der Waals surface area contributed by atoms with Crippen molar-refractivity contribution in [2.75, 3.05) is 17.2 Å². The zero-order valence-corrected chi connectivity index (χ0v) is 19.9. The molecule has 6 nitrogen and oxygen atoms in total. The molecule has 0 radical (unpaired) electrons. The molecule has 0 spiro atoms. The average Bonchev–Trinajstić information content (AvgIpc) is 2.85. The molecule has 0 aliphatic carbocycles. The summed E-state index contributed by atoms with van der Waals surface area (Å²) in [6.45, 7) is -0.883. The molecule has 39 heavy (non-hydrogen) atoms. The first kappa shape index (κ1) is 28.8. The van der Waals surface area contributed by atoms with Crippen molar-refractivity contribution in [1.29, 1.82) is 0 Å². The van der Waals surface area contributed by atoms with Gasteiger partial charge in [0.1, 0.15) is 11.6 Å². The van der Waals surface area contributed by atoms with Crippen LogP contribution < -0.4 is 15.4 Å². The fourth-order valence-corrected chi connectivity index (χ4v) is 3.44. The summed E-state index contributed by atoms with van der Waals surface area (Å²) in [5.41, 5.74) is -0.296. The van der Waals surface area contributed by atoms with Gasteiger partial charge in [-0.05, 0) is 41.5 Å². The van der Waals surface area contributed by atoms with E-state index in [1.165, 1.54) is 54.6 Å². The summed E-state index contributed by atoms with van der Waals surface area (Å²) in [6.07, 6.45) is -5.58. The Kier molecular flexibility index (Phi) is 9.37. The molecular weight excluding hydrogens is 530 g/mol. The smallest absolute Gasteiger partial charge is 0.392 e. The van der Waals surface area contributed by atoms with Gasteiger partial charge in [-0.3, -0.25) is 0 Å². The topological polar surface area (TPSA) is 87.7 Å². The number of halogens is 6. The van der Waals surface area contributed by atoms with Crippen LogP contribution in [-0.4, -0.2) is 29.9 Å². The molecule has 0 aromatic heterocycles. The van der Waals surface area contributed by atoms with Gasteiger partial charge in [0.25, 0.3) is 6.08 Å². The Labute approximate surface area is 218 Å². The first-order valence-corrected chi connectivity index (χ1v) is 11.2. The second-order valence-corrected chi connectivity index (χ2v) is 7.88. The molecule has 3 N–H and O–H groups in total. The van der Waals surface area contributed by atoms with E-state index in [9.17, 15) is 41.0 Å². The maximum absolute atomic E-state index is 14.0. The molecule has 0 bridgehead atoms. The van der Waals surface area contributed by atoms with Crippen molar-refractivity contribution in [2.45, 2.75) is 12.6 Å². The summed E-state index contributed by atoms with van der Waals surface area (Å²) < 4.78 is 83.0. The van der Waals surface area contributed by atoms with Crippen LogP contribution in [0.15, 0.2) is 78.9 Å². The Bertz CT molecular complexity index is 1420. The monoisotopic (exact) mass is 550 g/mol. The summed E-state index contributed by atoms with van der Waals surface area (Å²) in [5.74, 6) is -2.37. The van der Waals surface area contributed by atoms with E-state index in [1.54, 1.807) is 0 Å². The van der Waals surface area contributed by atoms with Gasteiger partial charge in [0.05, 0.1) is 30.0 Å². The molecular formula is C27H20F6N2O4. The SMILES string of the molecule is O=C(Nc1ccccc1F)Nc1cc(-c2ccccc2C(=O)O)cc(/C=C/C=C(F)F)c1OCCC(F)(F)F. The number of hydrogen-bond donors (Lipinski definition) is 3. The minimum absolute atomic E-state index is 0.0476. The van der Waals surface area contributed by atoms with E-state index in [-0.39, 0.29) is 39.4 Å². The Hall–Kier alpha value is -4.74. The van der Waals surface area contributed by atoms with Gasteiger partial charge in [-0.1, -0.05) is 42.5 Å². The molecule has 0 aliphatic heterocycles. The number of aromatic carboxylic acids is 1. The molecule has 0 fully saturated rings. The predicted octanol–water partition coefficient (Wildman–Crippen LogP) is 7.96. The van der Waals surface area contributed by atoms with Crippen molar-refractivity contribution < 1.29 is 45.8 Å². The van der Waals surface area contributed by atoms with E-state index in [4.69, 9.17) is 4.74 Å². The number of hydrogen-bond acceptors (Lipinski definition) is 3. The van der Waals surface area contributed by atoms with E-state index in [0.717, 1.165) is 18.2 Å². The number of rotatable bonds is 9. The Balaban J connectivity index is 2.14. The third-order valence-electron chi connectivity index (χ3n) is 5.09. The van der Waals surface area contributed by atoms with Gasteiger partial charge in [0.2, 0.25) is 0 Å². The van der Waals surface area contributed by atoms with Crippen molar-refractivity contribution in [3.63, 3.8) is 0 Å². The summed E-state index contributed by atoms with van der Waals surface area (Å²) in [5, 5.41) is 14.2. The number of ether oxygens (including phenoxy) is 1. The third kappa shape index (κ3) is 8.38. The van der Waals surface area contributed by atoms with Crippen molar-refractivity contribution in [2.24, 2.45) is 0 Å². The fourth-order valence-electron chi connectivity index (χ4n) is 3.44. The highest BCUT2D eigenvalue weighted by Crippen LogP contribution is 2.38. The number of carboxylic acid groups (broad SMARTS) is 1. The molecule has 0 unspecified atom stereocenters. The minimum Gasteiger partial charge on any atom is -0.490 e. The van der Waals surface area contributed by atoms with Crippen LogP contribution in [0.25, 0.3) is 17.2 Å². The molecule has 12 heteroatoms. The lowest BCUT2D eigenvalue weighted by Crippen LogP contribution is -2.21. The van der Waals surface area contributed by atoms with Gasteiger partial charge in [-0.15, -0.1) is 0 Å². The average molecular weight is 550 g/mol. The molecule has 2 amide bonds.